The van der Waals surface area contributed by atoms with Crippen LogP contribution in [0.15, 0.2) is 30.3 Å². The van der Waals surface area contributed by atoms with Crippen LogP contribution in [0.5, 0.6) is 0 Å². The Kier molecular flexibility index (Phi) is 3.83. The summed E-state index contributed by atoms with van der Waals surface area (Å²) in [5, 5.41) is 16.9. The van der Waals surface area contributed by atoms with E-state index in [4.69, 9.17) is 0 Å². The second-order valence-electron chi connectivity index (χ2n) is 6.54. The number of aromatic nitrogens is 5. The van der Waals surface area contributed by atoms with Gasteiger partial charge in [-0.3, -0.25) is 4.79 Å². The fourth-order valence-electron chi connectivity index (χ4n) is 3.25. The molecule has 4 rings (SSSR count). The van der Waals surface area contributed by atoms with Crippen LogP contribution in [0.3, 0.4) is 0 Å². The molecule has 7 heteroatoms. The highest BCUT2D eigenvalue weighted by molar-refractivity contribution is 6.05. The molecule has 0 spiro atoms. The minimum absolute atomic E-state index is 0.0640. The van der Waals surface area contributed by atoms with Gasteiger partial charge in [-0.15, -0.1) is 10.2 Å². The summed E-state index contributed by atoms with van der Waals surface area (Å²) in [6, 6.07) is 10.3. The van der Waals surface area contributed by atoms with E-state index in [0.29, 0.717) is 18.3 Å². The van der Waals surface area contributed by atoms with E-state index in [1.807, 2.05) is 37.3 Å². The van der Waals surface area contributed by atoms with Crippen LogP contribution in [0.25, 0.3) is 0 Å². The number of hydrogen-bond donors (Lipinski definition) is 2. The normalized spacial score (nSPS) is 13.8. The first-order valence-corrected chi connectivity index (χ1v) is 8.43. The maximum Gasteiger partial charge on any atom is 0.257 e. The third-order valence-electron chi connectivity index (χ3n) is 4.60. The number of benzene rings is 1. The minimum Gasteiger partial charge on any atom is -0.345 e. The highest BCUT2D eigenvalue weighted by atomic mass is 16.1. The summed E-state index contributed by atoms with van der Waals surface area (Å²) in [4.78, 5) is 12.6. The number of tetrazole rings is 1. The van der Waals surface area contributed by atoms with Crippen LogP contribution in [0, 0.1) is 13.8 Å². The summed E-state index contributed by atoms with van der Waals surface area (Å²) in [6.07, 6.45) is 3.02. The molecule has 0 radical (unpaired) electrons. The lowest BCUT2D eigenvalue weighted by Gasteiger charge is -2.09. The summed E-state index contributed by atoms with van der Waals surface area (Å²) in [5.74, 6) is 0.579. The first-order chi connectivity index (χ1) is 12.1. The Morgan fingerprint density at radius 1 is 1.28 bits per heavy atom. The second-order valence-corrected chi connectivity index (χ2v) is 6.54. The molecular weight excluding hydrogens is 316 g/mol. The zero-order valence-electron chi connectivity index (χ0n) is 14.3. The van der Waals surface area contributed by atoms with Crippen molar-refractivity contribution in [3.05, 3.63) is 58.7 Å². The number of carbonyl (C=O) groups excluding carboxylic acids is 1. The molecule has 1 saturated carbocycles. The molecule has 1 amide bonds. The van der Waals surface area contributed by atoms with Gasteiger partial charge in [0.1, 0.15) is 0 Å². The van der Waals surface area contributed by atoms with E-state index in [1.54, 1.807) is 0 Å². The second kappa shape index (κ2) is 6.16. The van der Waals surface area contributed by atoms with Crippen molar-refractivity contribution >= 4 is 11.6 Å². The van der Waals surface area contributed by atoms with Crippen molar-refractivity contribution in [2.75, 3.05) is 5.32 Å². The lowest BCUT2D eigenvalue weighted by Crippen LogP contribution is -2.13. The van der Waals surface area contributed by atoms with Gasteiger partial charge in [-0.25, -0.2) is 0 Å². The Hall–Kier alpha value is -2.96. The molecule has 0 saturated heterocycles. The summed E-state index contributed by atoms with van der Waals surface area (Å²) in [6.45, 7) is 4.09. The number of H-pyrrole nitrogens is 1. The van der Waals surface area contributed by atoms with Crippen LogP contribution in [0.1, 0.15) is 52.0 Å². The molecule has 128 valence electrons. The number of aromatic amines is 1. The SMILES string of the molecule is Cc1cc(C(=O)Nc2ccc(Cc3nn[nH]n3)cc2)c(C)n1C1CC1. The third kappa shape index (κ3) is 3.17. The number of carbonyl (C=O) groups is 1. The van der Waals surface area contributed by atoms with Crippen molar-refractivity contribution in [3.8, 4) is 0 Å². The molecular formula is C18H20N6O. The predicted molar refractivity (Wildman–Crippen MR) is 93.6 cm³/mol. The summed E-state index contributed by atoms with van der Waals surface area (Å²) < 4.78 is 2.28. The van der Waals surface area contributed by atoms with Crippen LogP contribution in [0.4, 0.5) is 5.69 Å². The highest BCUT2D eigenvalue weighted by Crippen LogP contribution is 2.38. The number of rotatable bonds is 5. The number of nitrogens with zero attached hydrogens (tertiary/aromatic N) is 4. The Morgan fingerprint density at radius 2 is 2.04 bits per heavy atom. The molecule has 0 bridgehead atoms. The largest absolute Gasteiger partial charge is 0.345 e. The van der Waals surface area contributed by atoms with Gasteiger partial charge in [0.05, 0.1) is 5.56 Å². The molecule has 0 atom stereocenters. The average Bonchev–Trinajstić information content (AvgIpc) is 3.20. The van der Waals surface area contributed by atoms with Gasteiger partial charge in [0.25, 0.3) is 5.91 Å². The van der Waals surface area contributed by atoms with Crippen LogP contribution in [-0.4, -0.2) is 31.1 Å². The smallest absolute Gasteiger partial charge is 0.257 e. The Morgan fingerprint density at radius 3 is 2.68 bits per heavy atom. The minimum atomic E-state index is -0.0640. The van der Waals surface area contributed by atoms with E-state index in [1.165, 1.54) is 12.8 Å². The van der Waals surface area contributed by atoms with Crippen LogP contribution < -0.4 is 5.32 Å². The van der Waals surface area contributed by atoms with E-state index >= 15 is 0 Å². The first kappa shape index (κ1) is 15.6. The van der Waals surface area contributed by atoms with Crippen molar-refractivity contribution in [2.24, 2.45) is 0 Å². The molecule has 1 aromatic carbocycles. The molecule has 2 N–H and O–H groups in total. The maximum absolute atomic E-state index is 12.6. The summed E-state index contributed by atoms with van der Waals surface area (Å²) in [7, 11) is 0. The summed E-state index contributed by atoms with van der Waals surface area (Å²) in [5.41, 5.74) is 4.79. The fraction of sp³-hybridized carbons (Fsp3) is 0.333. The van der Waals surface area contributed by atoms with Gasteiger partial charge >= 0.3 is 0 Å². The Bertz CT molecular complexity index is 891. The Labute approximate surface area is 145 Å². The monoisotopic (exact) mass is 336 g/mol. The molecule has 1 fully saturated rings. The lowest BCUT2D eigenvalue weighted by atomic mass is 10.1. The van der Waals surface area contributed by atoms with Crippen molar-refractivity contribution in [2.45, 2.75) is 39.2 Å². The topological polar surface area (TPSA) is 88.5 Å². The fourth-order valence-corrected chi connectivity index (χ4v) is 3.25. The maximum atomic E-state index is 12.6. The van der Waals surface area contributed by atoms with Gasteiger partial charge in [-0.05, 0) is 50.5 Å². The number of anilines is 1. The van der Waals surface area contributed by atoms with Crippen molar-refractivity contribution in [1.82, 2.24) is 25.2 Å². The van der Waals surface area contributed by atoms with Gasteiger partial charge in [0, 0.05) is 29.5 Å². The van der Waals surface area contributed by atoms with E-state index in [0.717, 1.165) is 28.2 Å². The molecule has 3 aromatic rings. The molecule has 7 nitrogen and oxygen atoms in total. The molecule has 2 aromatic heterocycles. The van der Waals surface area contributed by atoms with Gasteiger partial charge < -0.3 is 9.88 Å². The van der Waals surface area contributed by atoms with E-state index in [9.17, 15) is 4.79 Å². The standard InChI is InChI=1S/C18H20N6O/c1-11-9-16(12(2)24(11)15-7-8-15)18(25)19-14-5-3-13(4-6-14)10-17-20-22-23-21-17/h3-6,9,15H,7-8,10H2,1-2H3,(H,19,25)(H,20,21,22,23). The Balaban J connectivity index is 1.46. The number of nitrogens with one attached hydrogen (secondary N) is 2. The molecule has 0 unspecified atom stereocenters. The van der Waals surface area contributed by atoms with Gasteiger partial charge in [0.15, 0.2) is 5.82 Å². The van der Waals surface area contributed by atoms with Gasteiger partial charge in [-0.1, -0.05) is 17.3 Å². The number of hydrogen-bond acceptors (Lipinski definition) is 4. The van der Waals surface area contributed by atoms with Crippen LogP contribution >= 0.6 is 0 Å². The number of aryl methyl sites for hydroxylation is 1. The predicted octanol–water partition coefficient (Wildman–Crippen LogP) is 2.80. The van der Waals surface area contributed by atoms with E-state index in [2.05, 4.69) is 37.4 Å². The first-order valence-electron chi connectivity index (χ1n) is 8.43. The van der Waals surface area contributed by atoms with Crippen molar-refractivity contribution < 1.29 is 4.79 Å². The summed E-state index contributed by atoms with van der Waals surface area (Å²) >= 11 is 0. The van der Waals surface area contributed by atoms with Gasteiger partial charge in [0.2, 0.25) is 0 Å². The lowest BCUT2D eigenvalue weighted by molar-refractivity contribution is 0.102. The van der Waals surface area contributed by atoms with E-state index in [-0.39, 0.29) is 5.91 Å². The molecule has 1 aliphatic rings. The highest BCUT2D eigenvalue weighted by Gasteiger charge is 2.28. The van der Waals surface area contributed by atoms with E-state index < -0.39 is 0 Å². The van der Waals surface area contributed by atoms with Crippen LogP contribution in [-0.2, 0) is 6.42 Å². The number of amides is 1. The zero-order valence-corrected chi connectivity index (χ0v) is 14.3. The van der Waals surface area contributed by atoms with Crippen molar-refractivity contribution in [3.63, 3.8) is 0 Å². The van der Waals surface area contributed by atoms with Crippen LogP contribution in [0.2, 0.25) is 0 Å². The molecule has 0 aliphatic heterocycles. The molecule has 1 aliphatic carbocycles. The zero-order chi connectivity index (χ0) is 17.4. The van der Waals surface area contributed by atoms with Gasteiger partial charge in [-0.2, -0.15) is 5.21 Å². The van der Waals surface area contributed by atoms with Crippen molar-refractivity contribution in [1.29, 1.82) is 0 Å². The molecule has 2 heterocycles. The molecule has 25 heavy (non-hydrogen) atoms. The quantitative estimate of drug-likeness (QED) is 0.750. The third-order valence-corrected chi connectivity index (χ3v) is 4.60. The average molecular weight is 336 g/mol.